The SMILES string of the molecule is CC(=N)/C(C(C)=O)=C(/O)COC(=O)CCc1ccc(S(=O)(=O)N2CCCCC2)cc1. The highest BCUT2D eigenvalue weighted by molar-refractivity contribution is 7.89. The first-order valence-electron chi connectivity index (χ1n) is 9.86. The van der Waals surface area contributed by atoms with E-state index < -0.39 is 34.1 Å². The van der Waals surface area contributed by atoms with E-state index in [2.05, 4.69) is 0 Å². The Kier molecular flexibility index (Phi) is 8.31. The van der Waals surface area contributed by atoms with E-state index in [1.54, 1.807) is 24.3 Å². The monoisotopic (exact) mass is 436 g/mol. The molecule has 1 aromatic carbocycles. The minimum Gasteiger partial charge on any atom is -0.508 e. The molecule has 9 heteroatoms. The van der Waals surface area contributed by atoms with Gasteiger partial charge in [-0.2, -0.15) is 4.31 Å². The molecule has 164 valence electrons. The Labute approximate surface area is 177 Å². The van der Waals surface area contributed by atoms with Crippen molar-refractivity contribution in [2.24, 2.45) is 0 Å². The number of hydrogen-bond acceptors (Lipinski definition) is 7. The van der Waals surface area contributed by atoms with Crippen LogP contribution in [0.2, 0.25) is 0 Å². The van der Waals surface area contributed by atoms with Gasteiger partial charge in [0.2, 0.25) is 10.0 Å². The van der Waals surface area contributed by atoms with Gasteiger partial charge in [-0.05, 0) is 50.8 Å². The lowest BCUT2D eigenvalue weighted by Gasteiger charge is -2.25. The third-order valence-corrected chi connectivity index (χ3v) is 6.79. The van der Waals surface area contributed by atoms with Crippen LogP contribution in [0.1, 0.15) is 45.1 Å². The molecule has 0 saturated carbocycles. The van der Waals surface area contributed by atoms with Gasteiger partial charge < -0.3 is 15.3 Å². The molecule has 0 radical (unpaired) electrons. The summed E-state index contributed by atoms with van der Waals surface area (Å²) in [6, 6.07) is 6.44. The lowest BCUT2D eigenvalue weighted by Crippen LogP contribution is -2.35. The topological polar surface area (TPSA) is 125 Å². The Bertz CT molecular complexity index is 913. The third kappa shape index (κ3) is 6.24. The van der Waals surface area contributed by atoms with Crippen LogP contribution in [-0.2, 0) is 30.8 Å². The minimum atomic E-state index is -3.49. The number of rotatable bonds is 9. The Morgan fingerprint density at radius 3 is 2.23 bits per heavy atom. The van der Waals surface area contributed by atoms with Gasteiger partial charge in [-0.1, -0.05) is 18.6 Å². The fourth-order valence-electron chi connectivity index (χ4n) is 3.31. The zero-order valence-electron chi connectivity index (χ0n) is 17.3. The van der Waals surface area contributed by atoms with Crippen LogP contribution in [0.4, 0.5) is 0 Å². The summed E-state index contributed by atoms with van der Waals surface area (Å²) < 4.78 is 31.8. The highest BCUT2D eigenvalue weighted by Gasteiger charge is 2.25. The first-order chi connectivity index (χ1) is 14.1. The van der Waals surface area contributed by atoms with Crippen molar-refractivity contribution in [1.29, 1.82) is 5.41 Å². The molecule has 1 saturated heterocycles. The molecule has 30 heavy (non-hydrogen) atoms. The summed E-state index contributed by atoms with van der Waals surface area (Å²) in [7, 11) is -3.49. The number of benzene rings is 1. The average Bonchev–Trinajstić information content (AvgIpc) is 2.71. The third-order valence-electron chi connectivity index (χ3n) is 4.88. The maximum absolute atomic E-state index is 12.6. The fraction of sp³-hybridized carbons (Fsp3) is 0.476. The van der Waals surface area contributed by atoms with E-state index in [4.69, 9.17) is 10.1 Å². The molecule has 1 fully saturated rings. The Balaban J connectivity index is 1.90. The zero-order valence-corrected chi connectivity index (χ0v) is 18.1. The van der Waals surface area contributed by atoms with E-state index in [1.165, 1.54) is 18.2 Å². The predicted molar refractivity (Wildman–Crippen MR) is 112 cm³/mol. The van der Waals surface area contributed by atoms with Crippen molar-refractivity contribution in [3.63, 3.8) is 0 Å². The molecule has 0 atom stereocenters. The quantitative estimate of drug-likeness (QED) is 0.265. The summed E-state index contributed by atoms with van der Waals surface area (Å²) in [6.07, 6.45) is 3.17. The second-order valence-corrected chi connectivity index (χ2v) is 9.21. The van der Waals surface area contributed by atoms with E-state index in [0.717, 1.165) is 24.8 Å². The van der Waals surface area contributed by atoms with Crippen molar-refractivity contribution in [3.8, 4) is 0 Å². The fourth-order valence-corrected chi connectivity index (χ4v) is 4.82. The number of aliphatic hydroxyl groups excluding tert-OH is 1. The molecular formula is C21H28N2O6S. The number of piperidine rings is 1. The molecule has 1 heterocycles. The number of carbonyl (C=O) groups excluding carboxylic acids is 2. The number of sulfonamides is 1. The molecule has 0 bridgehead atoms. The molecule has 1 aliphatic rings. The number of nitrogens with one attached hydrogen (secondary N) is 1. The summed E-state index contributed by atoms with van der Waals surface area (Å²) in [6.45, 7) is 3.20. The van der Waals surface area contributed by atoms with Crippen molar-refractivity contribution in [2.75, 3.05) is 19.7 Å². The van der Waals surface area contributed by atoms with Gasteiger partial charge in [-0.3, -0.25) is 9.59 Å². The number of aliphatic hydroxyl groups is 1. The summed E-state index contributed by atoms with van der Waals surface area (Å²) >= 11 is 0. The van der Waals surface area contributed by atoms with Crippen LogP contribution in [0.15, 0.2) is 40.5 Å². The van der Waals surface area contributed by atoms with Crippen molar-refractivity contribution < 1.29 is 27.9 Å². The number of allylic oxidation sites excluding steroid dienone is 1. The summed E-state index contributed by atoms with van der Waals surface area (Å²) in [5, 5.41) is 17.4. The molecule has 0 aliphatic carbocycles. The lowest BCUT2D eigenvalue weighted by molar-refractivity contribution is -0.143. The standard InChI is InChI=1S/C21H28N2O6S/c1-15(22)21(16(2)24)19(25)14-29-20(26)11-8-17-6-9-18(10-7-17)30(27,28)23-12-4-3-5-13-23/h6-7,9-10,22,25H,3-5,8,11-14H2,1-2H3/b21-19-,22-15?. The number of hydrogen-bond donors (Lipinski definition) is 2. The van der Waals surface area contributed by atoms with E-state index in [1.807, 2.05) is 0 Å². The van der Waals surface area contributed by atoms with Crippen LogP contribution in [-0.4, -0.2) is 55.0 Å². The largest absolute Gasteiger partial charge is 0.508 e. The number of ketones is 1. The van der Waals surface area contributed by atoms with Crippen LogP contribution in [0.25, 0.3) is 0 Å². The van der Waals surface area contributed by atoms with Gasteiger partial charge in [-0.25, -0.2) is 8.42 Å². The maximum Gasteiger partial charge on any atom is 0.306 e. The first kappa shape index (κ1) is 23.8. The molecule has 0 spiro atoms. The molecule has 0 aromatic heterocycles. The molecule has 2 N–H and O–H groups in total. The summed E-state index contributed by atoms with van der Waals surface area (Å²) in [4.78, 5) is 23.6. The van der Waals surface area contributed by atoms with Gasteiger partial charge in [0.1, 0.15) is 12.4 Å². The Hall–Kier alpha value is -2.52. The van der Waals surface area contributed by atoms with Gasteiger partial charge in [0.05, 0.1) is 10.5 Å². The zero-order chi connectivity index (χ0) is 22.3. The van der Waals surface area contributed by atoms with Crippen LogP contribution in [0.5, 0.6) is 0 Å². The van der Waals surface area contributed by atoms with Crippen LogP contribution in [0, 0.1) is 5.41 Å². The van der Waals surface area contributed by atoms with Gasteiger partial charge in [0.25, 0.3) is 0 Å². The van der Waals surface area contributed by atoms with Crippen molar-refractivity contribution in [1.82, 2.24) is 4.31 Å². The number of esters is 1. The average molecular weight is 437 g/mol. The van der Waals surface area contributed by atoms with E-state index in [9.17, 15) is 23.1 Å². The molecule has 2 rings (SSSR count). The second-order valence-electron chi connectivity index (χ2n) is 7.27. The van der Waals surface area contributed by atoms with Gasteiger partial charge in [0, 0.05) is 25.2 Å². The second kappa shape index (κ2) is 10.5. The van der Waals surface area contributed by atoms with Crippen molar-refractivity contribution in [2.45, 2.75) is 50.8 Å². The number of carbonyl (C=O) groups is 2. The van der Waals surface area contributed by atoms with Crippen LogP contribution < -0.4 is 0 Å². The number of nitrogens with zero attached hydrogens (tertiary/aromatic N) is 1. The highest BCUT2D eigenvalue weighted by Crippen LogP contribution is 2.21. The molecule has 8 nitrogen and oxygen atoms in total. The Morgan fingerprint density at radius 1 is 1.10 bits per heavy atom. The molecule has 1 aromatic rings. The normalized spacial score (nSPS) is 15.9. The van der Waals surface area contributed by atoms with Gasteiger partial charge in [-0.15, -0.1) is 0 Å². The Morgan fingerprint density at radius 2 is 1.70 bits per heavy atom. The van der Waals surface area contributed by atoms with Crippen molar-refractivity contribution >= 4 is 27.5 Å². The molecular weight excluding hydrogens is 408 g/mol. The smallest absolute Gasteiger partial charge is 0.306 e. The lowest BCUT2D eigenvalue weighted by atomic mass is 10.1. The number of ether oxygens (including phenoxy) is 1. The van der Waals surface area contributed by atoms with E-state index >= 15 is 0 Å². The highest BCUT2D eigenvalue weighted by atomic mass is 32.2. The van der Waals surface area contributed by atoms with Gasteiger partial charge >= 0.3 is 5.97 Å². The van der Waals surface area contributed by atoms with Crippen molar-refractivity contribution in [3.05, 3.63) is 41.2 Å². The molecule has 0 amide bonds. The molecule has 0 unspecified atom stereocenters. The summed E-state index contributed by atoms with van der Waals surface area (Å²) in [5.74, 6) is -1.50. The van der Waals surface area contributed by atoms with Crippen LogP contribution >= 0.6 is 0 Å². The summed E-state index contributed by atoms with van der Waals surface area (Å²) in [5.41, 5.74) is 0.521. The van der Waals surface area contributed by atoms with E-state index in [-0.39, 0.29) is 22.6 Å². The minimum absolute atomic E-state index is 0.0322. The first-order valence-corrected chi connectivity index (χ1v) is 11.3. The van der Waals surface area contributed by atoms with Gasteiger partial charge in [0.15, 0.2) is 5.78 Å². The number of aryl methyl sites for hydroxylation is 1. The van der Waals surface area contributed by atoms with Crippen LogP contribution in [0.3, 0.4) is 0 Å². The number of Topliss-reactive ketones (excluding diaryl/α,β-unsaturated/α-hetero) is 1. The predicted octanol–water partition coefficient (Wildman–Crippen LogP) is 2.78. The maximum atomic E-state index is 12.6. The van der Waals surface area contributed by atoms with E-state index in [0.29, 0.717) is 19.5 Å². The molecule has 1 aliphatic heterocycles.